The molecule has 2 aromatic rings. The predicted octanol–water partition coefficient (Wildman–Crippen LogP) is 3.18. The summed E-state index contributed by atoms with van der Waals surface area (Å²) in [4.78, 5) is 0.216. The highest BCUT2D eigenvalue weighted by molar-refractivity contribution is 7.89. The summed E-state index contributed by atoms with van der Waals surface area (Å²) in [5, 5.41) is 0. The van der Waals surface area contributed by atoms with Crippen LogP contribution < -0.4 is 4.72 Å². The molecule has 21 heavy (non-hydrogen) atoms. The first-order valence-corrected chi connectivity index (χ1v) is 8.24. The third-order valence-corrected chi connectivity index (χ3v) is 4.82. The average Bonchev–Trinajstić information content (AvgIpc) is 2.48. The first-order chi connectivity index (χ1) is 9.92. The Balaban J connectivity index is 2.15. The fourth-order valence-corrected chi connectivity index (χ4v) is 3.00. The van der Waals surface area contributed by atoms with Gasteiger partial charge in [0.1, 0.15) is 5.82 Å². The van der Waals surface area contributed by atoms with E-state index in [-0.39, 0.29) is 17.3 Å². The van der Waals surface area contributed by atoms with Crippen molar-refractivity contribution in [2.75, 3.05) is 0 Å². The average molecular weight is 307 g/mol. The molecular formula is C16H18FNO2S. The molecule has 0 atom stereocenters. The highest BCUT2D eigenvalue weighted by Crippen LogP contribution is 2.14. The maximum Gasteiger partial charge on any atom is 0.240 e. The van der Waals surface area contributed by atoms with Crippen molar-refractivity contribution in [1.29, 1.82) is 0 Å². The number of rotatable bonds is 5. The lowest BCUT2D eigenvalue weighted by Gasteiger charge is -2.09. The summed E-state index contributed by atoms with van der Waals surface area (Å²) in [5.74, 6) is -0.373. The number of sulfonamides is 1. The monoisotopic (exact) mass is 307 g/mol. The number of halogens is 1. The van der Waals surface area contributed by atoms with E-state index >= 15 is 0 Å². The lowest BCUT2D eigenvalue weighted by atomic mass is 10.1. The number of nitrogens with one attached hydrogen (secondary N) is 1. The second kappa shape index (κ2) is 6.37. The van der Waals surface area contributed by atoms with Gasteiger partial charge in [0.25, 0.3) is 0 Å². The Bertz CT molecular complexity index is 724. The Morgan fingerprint density at radius 2 is 1.76 bits per heavy atom. The molecule has 0 aliphatic rings. The molecule has 0 spiro atoms. The van der Waals surface area contributed by atoms with Gasteiger partial charge in [0.15, 0.2) is 0 Å². The molecule has 2 rings (SSSR count). The predicted molar refractivity (Wildman–Crippen MR) is 81.0 cm³/mol. The largest absolute Gasteiger partial charge is 0.240 e. The van der Waals surface area contributed by atoms with Crippen molar-refractivity contribution >= 4 is 10.0 Å². The summed E-state index contributed by atoms with van der Waals surface area (Å²) in [6.07, 6.45) is 0.857. The summed E-state index contributed by atoms with van der Waals surface area (Å²) in [6.45, 7) is 3.90. The van der Waals surface area contributed by atoms with Gasteiger partial charge in [0.05, 0.1) is 4.90 Å². The van der Waals surface area contributed by atoms with Crippen LogP contribution in [0.3, 0.4) is 0 Å². The Kier molecular flexibility index (Phi) is 4.75. The minimum absolute atomic E-state index is 0.0709. The molecule has 0 unspecified atom stereocenters. The molecule has 0 aromatic heterocycles. The minimum atomic E-state index is -3.59. The van der Waals surface area contributed by atoms with Crippen LogP contribution in [-0.2, 0) is 23.0 Å². The molecule has 3 nitrogen and oxygen atoms in total. The highest BCUT2D eigenvalue weighted by Gasteiger charge is 2.14. The second-order valence-corrected chi connectivity index (χ2v) is 6.66. The van der Waals surface area contributed by atoms with Crippen LogP contribution in [0.15, 0.2) is 47.4 Å². The molecule has 5 heteroatoms. The van der Waals surface area contributed by atoms with Gasteiger partial charge >= 0.3 is 0 Å². The third kappa shape index (κ3) is 3.89. The van der Waals surface area contributed by atoms with Gasteiger partial charge in [-0.25, -0.2) is 17.5 Å². The summed E-state index contributed by atoms with van der Waals surface area (Å²) < 4.78 is 40.1. The van der Waals surface area contributed by atoms with Gasteiger partial charge in [-0.05, 0) is 54.3 Å². The van der Waals surface area contributed by atoms with Crippen LogP contribution in [0.5, 0.6) is 0 Å². The molecule has 0 aliphatic carbocycles. The van der Waals surface area contributed by atoms with Gasteiger partial charge in [-0.1, -0.05) is 25.1 Å². The van der Waals surface area contributed by atoms with E-state index in [1.807, 2.05) is 13.8 Å². The van der Waals surface area contributed by atoms with Crippen LogP contribution in [0.25, 0.3) is 0 Å². The van der Waals surface area contributed by atoms with Crippen molar-refractivity contribution in [3.63, 3.8) is 0 Å². The smallest absolute Gasteiger partial charge is 0.207 e. The van der Waals surface area contributed by atoms with Crippen LogP contribution in [0.4, 0.5) is 4.39 Å². The van der Waals surface area contributed by atoms with E-state index in [9.17, 15) is 12.8 Å². The van der Waals surface area contributed by atoms with Gasteiger partial charge in [-0.15, -0.1) is 0 Å². The number of aryl methyl sites for hydroxylation is 2. The molecule has 1 N–H and O–H groups in total. The van der Waals surface area contributed by atoms with Crippen molar-refractivity contribution in [3.8, 4) is 0 Å². The maximum atomic E-state index is 13.2. The first kappa shape index (κ1) is 15.7. The second-order valence-electron chi connectivity index (χ2n) is 4.89. The van der Waals surface area contributed by atoms with Crippen LogP contribution in [0.1, 0.15) is 23.6 Å². The van der Waals surface area contributed by atoms with Crippen molar-refractivity contribution in [3.05, 3.63) is 65.0 Å². The lowest BCUT2D eigenvalue weighted by Crippen LogP contribution is -2.23. The normalized spacial score (nSPS) is 11.6. The SMILES string of the molecule is CCc1ccc(S(=O)(=O)NCc2cc(F)ccc2C)cc1. The number of hydrogen-bond donors (Lipinski definition) is 1. The molecule has 0 radical (unpaired) electrons. The highest BCUT2D eigenvalue weighted by atomic mass is 32.2. The van der Waals surface area contributed by atoms with Gasteiger partial charge in [-0.2, -0.15) is 0 Å². The van der Waals surface area contributed by atoms with E-state index in [2.05, 4.69) is 4.72 Å². The van der Waals surface area contributed by atoms with Gasteiger partial charge < -0.3 is 0 Å². The molecule has 0 saturated heterocycles. The Morgan fingerprint density at radius 1 is 1.10 bits per heavy atom. The molecule has 0 saturated carbocycles. The van der Waals surface area contributed by atoms with E-state index in [1.165, 1.54) is 12.1 Å². The van der Waals surface area contributed by atoms with Crippen LogP contribution >= 0.6 is 0 Å². The Hall–Kier alpha value is -1.72. The topological polar surface area (TPSA) is 46.2 Å². The zero-order chi connectivity index (χ0) is 15.5. The van der Waals surface area contributed by atoms with Crippen molar-refractivity contribution in [2.45, 2.75) is 31.7 Å². The quantitative estimate of drug-likeness (QED) is 0.922. The van der Waals surface area contributed by atoms with E-state index < -0.39 is 10.0 Å². The molecule has 2 aromatic carbocycles. The van der Waals surface area contributed by atoms with Gasteiger partial charge in [-0.3, -0.25) is 0 Å². The number of benzene rings is 2. The summed E-state index contributed by atoms with van der Waals surface area (Å²) in [7, 11) is -3.59. The molecule has 0 bridgehead atoms. The summed E-state index contributed by atoms with van der Waals surface area (Å²) in [5.41, 5.74) is 2.55. The van der Waals surface area contributed by atoms with Crippen LogP contribution in [-0.4, -0.2) is 8.42 Å². The summed E-state index contributed by atoms with van der Waals surface area (Å²) in [6, 6.07) is 11.1. The molecular weight excluding hydrogens is 289 g/mol. The summed E-state index contributed by atoms with van der Waals surface area (Å²) >= 11 is 0. The Morgan fingerprint density at radius 3 is 2.38 bits per heavy atom. The zero-order valence-electron chi connectivity index (χ0n) is 12.1. The van der Waals surface area contributed by atoms with Crippen LogP contribution in [0.2, 0.25) is 0 Å². The van der Waals surface area contributed by atoms with E-state index in [0.717, 1.165) is 17.5 Å². The van der Waals surface area contributed by atoms with Gasteiger partial charge in [0.2, 0.25) is 10.0 Å². The minimum Gasteiger partial charge on any atom is -0.207 e. The van der Waals surface area contributed by atoms with E-state index in [4.69, 9.17) is 0 Å². The molecule has 112 valence electrons. The zero-order valence-corrected chi connectivity index (χ0v) is 12.9. The van der Waals surface area contributed by atoms with E-state index in [1.54, 1.807) is 30.3 Å². The van der Waals surface area contributed by atoms with E-state index in [0.29, 0.717) is 5.56 Å². The maximum absolute atomic E-state index is 13.2. The molecule has 0 amide bonds. The fraction of sp³-hybridized carbons (Fsp3) is 0.250. The Labute approximate surface area is 124 Å². The molecule has 0 fully saturated rings. The standard InChI is InChI=1S/C16H18FNO2S/c1-3-13-5-8-16(9-6-13)21(19,20)18-11-14-10-15(17)7-4-12(14)2/h4-10,18H,3,11H2,1-2H3. The first-order valence-electron chi connectivity index (χ1n) is 6.76. The van der Waals surface area contributed by atoms with Crippen molar-refractivity contribution in [1.82, 2.24) is 4.72 Å². The fourth-order valence-electron chi connectivity index (χ4n) is 1.99. The lowest BCUT2D eigenvalue weighted by molar-refractivity contribution is 0.580. The third-order valence-electron chi connectivity index (χ3n) is 3.41. The molecule has 0 aliphatic heterocycles. The van der Waals surface area contributed by atoms with Crippen molar-refractivity contribution in [2.24, 2.45) is 0 Å². The number of hydrogen-bond acceptors (Lipinski definition) is 2. The van der Waals surface area contributed by atoms with Gasteiger partial charge in [0, 0.05) is 6.54 Å². The van der Waals surface area contributed by atoms with Crippen LogP contribution in [0, 0.1) is 12.7 Å². The molecule has 0 heterocycles. The van der Waals surface area contributed by atoms with Crippen molar-refractivity contribution < 1.29 is 12.8 Å².